The molecule has 3 atom stereocenters. The molecule has 1 saturated carbocycles. The maximum atomic E-state index is 13.4. The number of amides is 1. The Kier molecular flexibility index (Phi) is 5.03. The number of nitrogens with one attached hydrogen (secondary N) is 1. The molecular formula is C25H28F3N3O3. The van der Waals surface area contributed by atoms with E-state index in [2.05, 4.69) is 5.43 Å². The Balaban J connectivity index is 1.53. The van der Waals surface area contributed by atoms with E-state index >= 15 is 0 Å². The topological polar surface area (TPSA) is 71.0 Å². The number of rotatable bonds is 3. The first kappa shape index (κ1) is 23.1. The molecule has 0 radical (unpaired) electrons. The van der Waals surface area contributed by atoms with Gasteiger partial charge in [0.15, 0.2) is 0 Å². The number of aliphatic imine (C=N–C) groups is 1. The van der Waals surface area contributed by atoms with Gasteiger partial charge in [0, 0.05) is 30.4 Å². The number of nitrogens with zero attached hydrogens (tertiary/aromatic N) is 2. The van der Waals surface area contributed by atoms with Crippen molar-refractivity contribution in [3.8, 4) is 0 Å². The molecule has 4 fully saturated rings. The largest absolute Gasteiger partial charge is 0.416 e. The number of alkyl halides is 3. The zero-order chi connectivity index (χ0) is 24.6. The molecule has 3 saturated heterocycles. The lowest BCUT2D eigenvalue weighted by Crippen LogP contribution is -2.57. The fraction of sp³-hybridized carbons (Fsp3) is 0.560. The fourth-order valence-corrected chi connectivity index (χ4v) is 6.37. The van der Waals surface area contributed by atoms with Gasteiger partial charge in [0.05, 0.1) is 29.7 Å². The molecular weight excluding hydrogens is 447 g/mol. The van der Waals surface area contributed by atoms with Crippen LogP contribution in [0.25, 0.3) is 0 Å². The van der Waals surface area contributed by atoms with Crippen molar-refractivity contribution in [2.75, 3.05) is 13.7 Å². The Morgan fingerprint density at radius 1 is 1.26 bits per heavy atom. The zero-order valence-electron chi connectivity index (χ0n) is 19.6. The molecule has 0 unspecified atom stereocenters. The summed E-state index contributed by atoms with van der Waals surface area (Å²) in [7, 11) is 1.56. The highest BCUT2D eigenvalue weighted by molar-refractivity contribution is 6.10. The van der Waals surface area contributed by atoms with Gasteiger partial charge < -0.3 is 4.74 Å². The van der Waals surface area contributed by atoms with Gasteiger partial charge in [-0.05, 0) is 50.8 Å². The second-order valence-corrected chi connectivity index (χ2v) is 10.5. The van der Waals surface area contributed by atoms with Crippen molar-refractivity contribution in [1.82, 2.24) is 10.4 Å². The number of hydrogen-bond donors (Lipinski definition) is 1. The Labute approximate surface area is 196 Å². The molecule has 1 amide bonds. The highest BCUT2D eigenvalue weighted by Crippen LogP contribution is 2.62. The lowest BCUT2D eigenvalue weighted by molar-refractivity contribution is -0.140. The quantitative estimate of drug-likeness (QED) is 0.713. The van der Waals surface area contributed by atoms with E-state index in [-0.39, 0.29) is 40.6 Å². The van der Waals surface area contributed by atoms with Gasteiger partial charge in [-0.3, -0.25) is 25.0 Å². The molecule has 1 aromatic rings. The SMILES string of the molecule is Cc1c([C@@H](C)N=C2NN(C)C(=O)[C@@H]3CC(=O)[C@@H](C45COC(C)(C4)C5)C=C23)cccc1C(F)(F)F. The van der Waals surface area contributed by atoms with Crippen molar-refractivity contribution in [3.63, 3.8) is 0 Å². The molecule has 1 N–H and O–H groups in total. The highest BCUT2D eigenvalue weighted by Gasteiger charge is 2.64. The van der Waals surface area contributed by atoms with Crippen molar-refractivity contribution >= 4 is 17.5 Å². The van der Waals surface area contributed by atoms with Gasteiger partial charge in [-0.15, -0.1) is 0 Å². The molecule has 1 aromatic carbocycles. The van der Waals surface area contributed by atoms with Crippen LogP contribution in [0.5, 0.6) is 0 Å². The molecule has 0 spiro atoms. The molecule has 0 aromatic heterocycles. The number of amidine groups is 1. The van der Waals surface area contributed by atoms with Crippen LogP contribution in [0.15, 0.2) is 34.8 Å². The lowest BCUT2D eigenvalue weighted by atomic mass is 9.54. The standard InChI is InChI=1S/C25H28F3N3O3/c1-13-15(6-5-7-18(13)25(26,27)28)14(2)29-21-16-8-19(24-10-23(3,11-24)34-12-24)20(32)9-17(16)22(33)31(4)30-21/h5-8,14,17,19H,9-12H2,1-4H3,(H,29,30)/t14-,17-,19+,23?,24?/m1/s1. The molecule has 3 heterocycles. The molecule has 6 nitrogen and oxygen atoms in total. The van der Waals surface area contributed by atoms with Crippen LogP contribution in [0.4, 0.5) is 13.2 Å². The smallest absolute Gasteiger partial charge is 0.375 e. The second-order valence-electron chi connectivity index (χ2n) is 10.5. The maximum Gasteiger partial charge on any atom is 0.416 e. The number of hydrazine groups is 1. The van der Waals surface area contributed by atoms with Gasteiger partial charge in [0.1, 0.15) is 11.6 Å². The fourth-order valence-electron chi connectivity index (χ4n) is 6.37. The number of hydrogen-bond acceptors (Lipinski definition) is 4. The first-order valence-electron chi connectivity index (χ1n) is 11.5. The number of halogens is 3. The van der Waals surface area contributed by atoms with Crippen molar-refractivity contribution < 1.29 is 27.5 Å². The van der Waals surface area contributed by atoms with E-state index in [9.17, 15) is 22.8 Å². The van der Waals surface area contributed by atoms with Gasteiger partial charge in [-0.1, -0.05) is 18.2 Å². The number of ether oxygens (including phenoxy) is 1. The molecule has 2 bridgehead atoms. The predicted octanol–water partition coefficient (Wildman–Crippen LogP) is 4.15. The van der Waals surface area contributed by atoms with Crippen LogP contribution in [0.1, 0.15) is 55.8 Å². The number of Topliss-reactive ketones (excluding diaryl/α,β-unsaturated/α-hetero) is 1. The summed E-state index contributed by atoms with van der Waals surface area (Å²) in [6.07, 6.45) is -0.882. The monoisotopic (exact) mass is 475 g/mol. The van der Waals surface area contributed by atoms with E-state index in [0.717, 1.165) is 18.9 Å². The Morgan fingerprint density at radius 2 is 1.97 bits per heavy atom. The first-order chi connectivity index (χ1) is 15.8. The van der Waals surface area contributed by atoms with Gasteiger partial charge in [0.25, 0.3) is 0 Å². The third-order valence-electron chi connectivity index (χ3n) is 7.92. The molecule has 5 aliphatic rings. The van der Waals surface area contributed by atoms with E-state index in [0.29, 0.717) is 23.6 Å². The highest BCUT2D eigenvalue weighted by atomic mass is 19.4. The summed E-state index contributed by atoms with van der Waals surface area (Å²) in [4.78, 5) is 30.7. The van der Waals surface area contributed by atoms with E-state index in [4.69, 9.17) is 9.73 Å². The summed E-state index contributed by atoms with van der Waals surface area (Å²) in [5.74, 6) is -0.771. The molecule has 3 aliphatic heterocycles. The van der Waals surface area contributed by atoms with Crippen molar-refractivity contribution in [2.45, 2.75) is 57.9 Å². The van der Waals surface area contributed by atoms with E-state index < -0.39 is 23.7 Å². The van der Waals surface area contributed by atoms with Crippen LogP contribution in [-0.4, -0.2) is 41.8 Å². The van der Waals surface area contributed by atoms with E-state index in [1.807, 2.05) is 13.0 Å². The molecule has 9 heteroatoms. The molecule has 2 aliphatic carbocycles. The number of ketones is 1. The van der Waals surface area contributed by atoms with Gasteiger partial charge >= 0.3 is 6.18 Å². The van der Waals surface area contributed by atoms with Crippen LogP contribution >= 0.6 is 0 Å². The summed E-state index contributed by atoms with van der Waals surface area (Å²) >= 11 is 0. The zero-order valence-corrected chi connectivity index (χ0v) is 19.6. The van der Waals surface area contributed by atoms with Gasteiger partial charge in [0.2, 0.25) is 5.91 Å². The minimum Gasteiger partial charge on any atom is -0.375 e. The van der Waals surface area contributed by atoms with Crippen LogP contribution in [0, 0.1) is 24.2 Å². The Bertz CT molecular complexity index is 1130. The second kappa shape index (κ2) is 7.41. The van der Waals surface area contributed by atoms with Gasteiger partial charge in [-0.25, -0.2) is 0 Å². The molecule has 182 valence electrons. The number of carbonyl (C=O) groups is 2. The Hall–Kier alpha value is -2.68. The lowest BCUT2D eigenvalue weighted by Gasteiger charge is -2.48. The van der Waals surface area contributed by atoms with E-state index in [1.165, 1.54) is 18.0 Å². The number of carbonyl (C=O) groups excluding carboxylic acids is 2. The van der Waals surface area contributed by atoms with Crippen LogP contribution in [-0.2, 0) is 20.5 Å². The summed E-state index contributed by atoms with van der Waals surface area (Å²) in [5.41, 5.74) is 3.12. The number of benzene rings is 1. The average Bonchev–Trinajstić information content (AvgIpc) is 3.25. The summed E-state index contributed by atoms with van der Waals surface area (Å²) in [6.45, 7) is 5.74. The first-order valence-corrected chi connectivity index (χ1v) is 11.5. The Morgan fingerprint density at radius 3 is 2.59 bits per heavy atom. The summed E-state index contributed by atoms with van der Waals surface area (Å²) in [6, 6.07) is 3.50. The predicted molar refractivity (Wildman–Crippen MR) is 119 cm³/mol. The van der Waals surface area contributed by atoms with Crippen molar-refractivity contribution in [2.24, 2.45) is 22.2 Å². The van der Waals surface area contributed by atoms with E-state index in [1.54, 1.807) is 20.0 Å². The molecule has 34 heavy (non-hydrogen) atoms. The normalized spacial score (nSPS) is 35.0. The van der Waals surface area contributed by atoms with Gasteiger partial charge in [-0.2, -0.15) is 13.2 Å². The third kappa shape index (κ3) is 3.47. The summed E-state index contributed by atoms with van der Waals surface area (Å²) in [5, 5.41) is 1.30. The minimum absolute atomic E-state index is 0.0334. The minimum atomic E-state index is -4.45. The van der Waals surface area contributed by atoms with Crippen molar-refractivity contribution in [1.29, 1.82) is 0 Å². The number of fused-ring (bicyclic) bond motifs is 2. The van der Waals surface area contributed by atoms with Crippen LogP contribution < -0.4 is 5.43 Å². The third-order valence-corrected chi connectivity index (χ3v) is 7.92. The van der Waals surface area contributed by atoms with Crippen molar-refractivity contribution in [3.05, 3.63) is 46.5 Å². The molecule has 6 rings (SSSR count). The summed E-state index contributed by atoms with van der Waals surface area (Å²) < 4.78 is 46.2. The maximum absolute atomic E-state index is 13.4. The van der Waals surface area contributed by atoms with Crippen LogP contribution in [0.3, 0.4) is 0 Å². The average molecular weight is 476 g/mol. The number of allylic oxidation sites excluding steroid dienone is 1. The van der Waals surface area contributed by atoms with Crippen LogP contribution in [0.2, 0.25) is 0 Å².